The molecule has 0 aromatic heterocycles. The van der Waals surface area contributed by atoms with Gasteiger partial charge in [-0.3, -0.25) is 4.79 Å². The second kappa shape index (κ2) is 3.64. The highest BCUT2D eigenvalue weighted by Crippen LogP contribution is 2.20. The summed E-state index contributed by atoms with van der Waals surface area (Å²) in [4.78, 5) is 30.4. The molecule has 78 valence electrons. The summed E-state index contributed by atoms with van der Waals surface area (Å²) in [5.41, 5.74) is 0.144. The second-order valence-electron chi connectivity index (χ2n) is 2.99. The minimum absolute atomic E-state index is 0.144. The van der Waals surface area contributed by atoms with Gasteiger partial charge in [0.1, 0.15) is 17.5 Å². The Balaban J connectivity index is 2.22. The van der Waals surface area contributed by atoms with Gasteiger partial charge in [-0.1, -0.05) is 0 Å². The predicted octanol–water partition coefficient (Wildman–Crippen LogP) is -0.380. The lowest BCUT2D eigenvalue weighted by molar-refractivity contribution is -0.138. The number of amides is 1. The molecule has 1 unspecified atom stereocenters. The van der Waals surface area contributed by atoms with E-state index in [4.69, 9.17) is 4.74 Å². The topological polar surface area (TPSA) is 80.1 Å². The van der Waals surface area contributed by atoms with Crippen LogP contribution in [0.3, 0.4) is 0 Å². The molecule has 0 bridgehead atoms. The van der Waals surface area contributed by atoms with Gasteiger partial charge in [0.2, 0.25) is 5.91 Å². The van der Waals surface area contributed by atoms with Crippen molar-refractivity contribution in [3.63, 3.8) is 0 Å². The van der Waals surface area contributed by atoms with Gasteiger partial charge >= 0.3 is 5.97 Å². The number of hydrogen-bond donors (Lipinski definition) is 1. The van der Waals surface area contributed by atoms with Gasteiger partial charge in [-0.25, -0.2) is 14.8 Å². The van der Waals surface area contributed by atoms with Crippen molar-refractivity contribution in [2.45, 2.75) is 6.92 Å². The quantitative estimate of drug-likeness (QED) is 0.627. The van der Waals surface area contributed by atoms with Crippen molar-refractivity contribution in [2.24, 2.45) is 15.9 Å². The van der Waals surface area contributed by atoms with E-state index in [-0.39, 0.29) is 18.2 Å². The van der Waals surface area contributed by atoms with E-state index in [2.05, 4.69) is 15.3 Å². The maximum Gasteiger partial charge on any atom is 0.356 e. The van der Waals surface area contributed by atoms with Crippen LogP contribution in [-0.4, -0.2) is 30.7 Å². The number of ether oxygens (including phenoxy) is 1. The maximum atomic E-state index is 11.3. The summed E-state index contributed by atoms with van der Waals surface area (Å²) in [6.07, 6.45) is 2.72. The van der Waals surface area contributed by atoms with E-state index in [9.17, 15) is 9.59 Å². The zero-order valence-corrected chi connectivity index (χ0v) is 8.06. The standard InChI is InChI=1S/C9H9N3O3/c1-2-15-9(14)6-3-5-7(12-6)10-4-11-8(5)13/h3-5H,2H2,1H3,(H,10,11,12,13). The fraction of sp³-hybridized carbons (Fsp3) is 0.333. The molecule has 1 amide bonds. The van der Waals surface area contributed by atoms with E-state index in [1.54, 1.807) is 6.92 Å². The Morgan fingerprint density at radius 2 is 2.47 bits per heavy atom. The van der Waals surface area contributed by atoms with Crippen LogP contribution in [0.25, 0.3) is 0 Å². The van der Waals surface area contributed by atoms with E-state index in [0.29, 0.717) is 5.84 Å². The SMILES string of the molecule is CCOC(=O)C1=CC2C(=O)NC=NC2=N1. The minimum Gasteiger partial charge on any atom is -0.461 e. The lowest BCUT2D eigenvalue weighted by atomic mass is 10.1. The molecule has 2 rings (SSSR count). The van der Waals surface area contributed by atoms with Gasteiger partial charge in [-0.05, 0) is 13.0 Å². The van der Waals surface area contributed by atoms with Crippen molar-refractivity contribution in [2.75, 3.05) is 6.61 Å². The molecule has 2 aliphatic rings. The molecule has 0 radical (unpaired) electrons. The van der Waals surface area contributed by atoms with Crippen LogP contribution in [0.1, 0.15) is 6.92 Å². The number of carbonyl (C=O) groups excluding carboxylic acids is 2. The lowest BCUT2D eigenvalue weighted by Gasteiger charge is -2.10. The molecule has 6 heteroatoms. The third kappa shape index (κ3) is 1.65. The molecule has 15 heavy (non-hydrogen) atoms. The van der Waals surface area contributed by atoms with Gasteiger partial charge in [0, 0.05) is 0 Å². The molecular formula is C9H9N3O3. The molecule has 0 aromatic carbocycles. The largest absolute Gasteiger partial charge is 0.461 e. The van der Waals surface area contributed by atoms with E-state index in [1.807, 2.05) is 0 Å². The van der Waals surface area contributed by atoms with Crippen molar-refractivity contribution in [3.8, 4) is 0 Å². The molecular weight excluding hydrogens is 198 g/mol. The van der Waals surface area contributed by atoms with Gasteiger partial charge in [0.05, 0.1) is 12.9 Å². The van der Waals surface area contributed by atoms with Crippen LogP contribution >= 0.6 is 0 Å². The Morgan fingerprint density at radius 1 is 1.67 bits per heavy atom. The Labute approximate surface area is 85.7 Å². The van der Waals surface area contributed by atoms with Crippen LogP contribution in [0.2, 0.25) is 0 Å². The van der Waals surface area contributed by atoms with Crippen molar-refractivity contribution in [3.05, 3.63) is 11.8 Å². The smallest absolute Gasteiger partial charge is 0.356 e. The Hall–Kier alpha value is -1.98. The van der Waals surface area contributed by atoms with Gasteiger partial charge in [0.25, 0.3) is 0 Å². The van der Waals surface area contributed by atoms with Crippen LogP contribution in [-0.2, 0) is 14.3 Å². The van der Waals surface area contributed by atoms with E-state index in [1.165, 1.54) is 12.4 Å². The fourth-order valence-electron chi connectivity index (χ4n) is 1.34. The van der Waals surface area contributed by atoms with E-state index in [0.717, 1.165) is 0 Å². The highest BCUT2D eigenvalue weighted by atomic mass is 16.5. The van der Waals surface area contributed by atoms with Gasteiger partial charge < -0.3 is 10.1 Å². The summed E-state index contributed by atoms with van der Waals surface area (Å²) in [5.74, 6) is -0.985. The van der Waals surface area contributed by atoms with E-state index >= 15 is 0 Å². The average Bonchev–Trinajstić information content (AvgIpc) is 2.63. The van der Waals surface area contributed by atoms with Crippen molar-refractivity contribution in [1.82, 2.24) is 5.32 Å². The van der Waals surface area contributed by atoms with Crippen LogP contribution in [0.5, 0.6) is 0 Å². The van der Waals surface area contributed by atoms with Gasteiger partial charge in [-0.2, -0.15) is 0 Å². The summed E-state index contributed by atoms with van der Waals surface area (Å²) in [6, 6.07) is 0. The third-order valence-corrected chi connectivity index (χ3v) is 2.01. The van der Waals surface area contributed by atoms with Crippen LogP contribution in [0.4, 0.5) is 0 Å². The lowest BCUT2D eigenvalue weighted by Crippen LogP contribution is -2.36. The van der Waals surface area contributed by atoms with Gasteiger partial charge in [0.15, 0.2) is 0 Å². The zero-order chi connectivity index (χ0) is 10.8. The number of rotatable bonds is 2. The number of esters is 1. The monoisotopic (exact) mass is 207 g/mol. The summed E-state index contributed by atoms with van der Waals surface area (Å²) in [5, 5.41) is 2.44. The first-order valence-electron chi connectivity index (χ1n) is 4.53. The number of carbonyl (C=O) groups is 2. The Bertz CT molecular complexity index is 409. The molecule has 0 aliphatic carbocycles. The average molecular weight is 207 g/mol. The molecule has 0 saturated carbocycles. The van der Waals surface area contributed by atoms with Crippen molar-refractivity contribution >= 4 is 24.1 Å². The molecule has 0 aromatic rings. The Morgan fingerprint density at radius 3 is 3.13 bits per heavy atom. The summed E-state index contributed by atoms with van der Waals surface area (Å²) in [6.45, 7) is 1.99. The number of hydrogen-bond acceptors (Lipinski definition) is 5. The number of nitrogens with one attached hydrogen (secondary N) is 1. The first-order valence-corrected chi connectivity index (χ1v) is 4.53. The highest BCUT2D eigenvalue weighted by Gasteiger charge is 2.32. The molecule has 2 heterocycles. The molecule has 0 saturated heterocycles. The molecule has 0 spiro atoms. The summed E-state index contributed by atoms with van der Waals surface area (Å²) < 4.78 is 4.77. The zero-order valence-electron chi connectivity index (χ0n) is 8.06. The Kier molecular flexibility index (Phi) is 2.32. The third-order valence-electron chi connectivity index (χ3n) is 2.01. The molecule has 1 atom stereocenters. The number of nitrogens with zero attached hydrogens (tertiary/aromatic N) is 2. The first kappa shape index (κ1) is 9.57. The summed E-state index contributed by atoms with van der Waals surface area (Å²) >= 11 is 0. The second-order valence-corrected chi connectivity index (χ2v) is 2.99. The number of amidine groups is 1. The minimum atomic E-state index is -0.561. The molecule has 1 N–H and O–H groups in total. The van der Waals surface area contributed by atoms with Gasteiger partial charge in [-0.15, -0.1) is 0 Å². The van der Waals surface area contributed by atoms with Crippen LogP contribution < -0.4 is 5.32 Å². The maximum absolute atomic E-state index is 11.3. The molecule has 2 aliphatic heterocycles. The molecule has 6 nitrogen and oxygen atoms in total. The number of fused-ring (bicyclic) bond motifs is 1. The van der Waals surface area contributed by atoms with Crippen LogP contribution in [0.15, 0.2) is 21.8 Å². The fourth-order valence-corrected chi connectivity index (χ4v) is 1.34. The highest BCUT2D eigenvalue weighted by molar-refractivity contribution is 6.17. The predicted molar refractivity (Wildman–Crippen MR) is 52.3 cm³/mol. The summed E-state index contributed by atoms with van der Waals surface area (Å²) in [7, 11) is 0. The first-order chi connectivity index (χ1) is 7.22. The van der Waals surface area contributed by atoms with Crippen molar-refractivity contribution in [1.29, 1.82) is 0 Å². The van der Waals surface area contributed by atoms with E-state index < -0.39 is 11.9 Å². The normalized spacial score (nSPS) is 22.7. The van der Waals surface area contributed by atoms with Crippen LogP contribution in [0, 0.1) is 5.92 Å². The van der Waals surface area contributed by atoms with Crippen molar-refractivity contribution < 1.29 is 14.3 Å². The number of aliphatic imine (C=N–C) groups is 2. The molecule has 0 fully saturated rings.